The first-order chi connectivity index (χ1) is 5.52. The van der Waals surface area contributed by atoms with Crippen molar-refractivity contribution in [2.75, 3.05) is 6.54 Å². The molecule has 1 heteroatoms. The van der Waals surface area contributed by atoms with Gasteiger partial charge in [0.1, 0.15) is 0 Å². The molecule has 0 saturated carbocycles. The zero-order valence-electron chi connectivity index (χ0n) is 8.98. The molecule has 0 aliphatic rings. The van der Waals surface area contributed by atoms with Crippen molar-refractivity contribution in [1.29, 1.82) is 0 Å². The quantitative estimate of drug-likeness (QED) is 0.603. The average molecular weight is 169 g/mol. The highest BCUT2D eigenvalue weighted by Crippen LogP contribution is 2.11. The number of allylic oxidation sites excluding steroid dienone is 1. The van der Waals surface area contributed by atoms with E-state index in [4.69, 9.17) is 0 Å². The molecule has 0 bridgehead atoms. The van der Waals surface area contributed by atoms with Gasteiger partial charge in [0.25, 0.3) is 0 Å². The van der Waals surface area contributed by atoms with Crippen LogP contribution in [-0.2, 0) is 0 Å². The van der Waals surface area contributed by atoms with Gasteiger partial charge in [0, 0.05) is 6.04 Å². The summed E-state index contributed by atoms with van der Waals surface area (Å²) >= 11 is 0. The van der Waals surface area contributed by atoms with Crippen molar-refractivity contribution < 1.29 is 0 Å². The van der Waals surface area contributed by atoms with E-state index in [0.29, 0.717) is 6.04 Å². The van der Waals surface area contributed by atoms with Crippen LogP contribution >= 0.6 is 0 Å². The van der Waals surface area contributed by atoms with E-state index in [1.165, 1.54) is 18.4 Å². The molecule has 0 rings (SSSR count). The second-order valence-corrected chi connectivity index (χ2v) is 4.16. The van der Waals surface area contributed by atoms with Crippen LogP contribution in [0.15, 0.2) is 12.2 Å². The fraction of sp³-hybridized carbons (Fsp3) is 0.818. The molecule has 1 N–H and O–H groups in total. The Morgan fingerprint density at radius 3 is 2.33 bits per heavy atom. The molecule has 0 aromatic carbocycles. The standard InChI is InChI=1S/C11H23N/c1-9(2)8-11(5)6-7-12-10(3)4/h10-12H,1,6-8H2,2-5H3. The fourth-order valence-electron chi connectivity index (χ4n) is 1.32. The molecule has 0 saturated heterocycles. The second-order valence-electron chi connectivity index (χ2n) is 4.16. The molecule has 12 heavy (non-hydrogen) atoms. The van der Waals surface area contributed by atoms with E-state index in [9.17, 15) is 0 Å². The summed E-state index contributed by atoms with van der Waals surface area (Å²) in [6, 6.07) is 0.613. The fourth-order valence-corrected chi connectivity index (χ4v) is 1.32. The molecule has 0 fully saturated rings. The number of hydrogen-bond acceptors (Lipinski definition) is 1. The first-order valence-electron chi connectivity index (χ1n) is 4.90. The van der Waals surface area contributed by atoms with E-state index in [-0.39, 0.29) is 0 Å². The van der Waals surface area contributed by atoms with Gasteiger partial charge in [0.05, 0.1) is 0 Å². The van der Waals surface area contributed by atoms with Gasteiger partial charge in [-0.3, -0.25) is 0 Å². The van der Waals surface area contributed by atoms with Gasteiger partial charge in [0.2, 0.25) is 0 Å². The van der Waals surface area contributed by atoms with Crippen LogP contribution in [0.25, 0.3) is 0 Å². The van der Waals surface area contributed by atoms with Crippen molar-refractivity contribution in [3.63, 3.8) is 0 Å². The van der Waals surface area contributed by atoms with Crippen LogP contribution < -0.4 is 5.32 Å². The second kappa shape index (κ2) is 6.24. The number of nitrogens with one attached hydrogen (secondary N) is 1. The van der Waals surface area contributed by atoms with Crippen LogP contribution in [0, 0.1) is 5.92 Å². The lowest BCUT2D eigenvalue weighted by atomic mass is 10.00. The molecule has 0 heterocycles. The van der Waals surface area contributed by atoms with Gasteiger partial charge < -0.3 is 5.32 Å². The molecule has 1 atom stereocenters. The SMILES string of the molecule is C=C(C)CC(C)CCNC(C)C. The molecule has 0 radical (unpaired) electrons. The van der Waals surface area contributed by atoms with Crippen LogP contribution in [0.3, 0.4) is 0 Å². The number of hydrogen-bond donors (Lipinski definition) is 1. The maximum absolute atomic E-state index is 3.92. The average Bonchev–Trinajstić information content (AvgIpc) is 1.84. The molecule has 0 aliphatic carbocycles. The molecular weight excluding hydrogens is 146 g/mol. The topological polar surface area (TPSA) is 12.0 Å². The first kappa shape index (κ1) is 11.7. The molecule has 0 spiro atoms. The third kappa shape index (κ3) is 7.80. The van der Waals surface area contributed by atoms with E-state index in [2.05, 4.69) is 39.6 Å². The lowest BCUT2D eigenvalue weighted by Gasteiger charge is -2.13. The van der Waals surface area contributed by atoms with Gasteiger partial charge in [-0.25, -0.2) is 0 Å². The van der Waals surface area contributed by atoms with Crippen molar-refractivity contribution >= 4 is 0 Å². The zero-order chi connectivity index (χ0) is 9.56. The minimum Gasteiger partial charge on any atom is -0.315 e. The van der Waals surface area contributed by atoms with Crippen molar-refractivity contribution in [3.05, 3.63) is 12.2 Å². The highest BCUT2D eigenvalue weighted by molar-refractivity contribution is 4.89. The first-order valence-corrected chi connectivity index (χ1v) is 4.90. The minimum absolute atomic E-state index is 0.613. The van der Waals surface area contributed by atoms with Crippen molar-refractivity contribution in [1.82, 2.24) is 5.32 Å². The van der Waals surface area contributed by atoms with Gasteiger partial charge in [-0.15, -0.1) is 6.58 Å². The van der Waals surface area contributed by atoms with Crippen molar-refractivity contribution in [2.24, 2.45) is 5.92 Å². The van der Waals surface area contributed by atoms with Crippen LogP contribution in [0.2, 0.25) is 0 Å². The Morgan fingerprint density at radius 2 is 1.92 bits per heavy atom. The summed E-state index contributed by atoms with van der Waals surface area (Å²) in [4.78, 5) is 0. The minimum atomic E-state index is 0.613. The Labute approximate surface area is 77.2 Å². The Kier molecular flexibility index (Phi) is 6.09. The lowest BCUT2D eigenvalue weighted by molar-refractivity contribution is 0.475. The highest BCUT2D eigenvalue weighted by Gasteiger charge is 2.01. The molecule has 0 aromatic heterocycles. The van der Waals surface area contributed by atoms with Gasteiger partial charge in [0.15, 0.2) is 0 Å². The Morgan fingerprint density at radius 1 is 1.33 bits per heavy atom. The molecule has 0 aromatic rings. The molecular formula is C11H23N. The summed E-state index contributed by atoms with van der Waals surface area (Å²) in [7, 11) is 0. The van der Waals surface area contributed by atoms with Crippen LogP contribution in [0.5, 0.6) is 0 Å². The summed E-state index contributed by atoms with van der Waals surface area (Å²) in [6.45, 7) is 13.8. The molecule has 1 unspecified atom stereocenters. The maximum atomic E-state index is 3.92. The smallest absolute Gasteiger partial charge is 0.00103 e. The van der Waals surface area contributed by atoms with E-state index in [1.807, 2.05) is 0 Å². The van der Waals surface area contributed by atoms with Gasteiger partial charge in [-0.2, -0.15) is 0 Å². The highest BCUT2D eigenvalue weighted by atomic mass is 14.9. The van der Waals surface area contributed by atoms with E-state index in [0.717, 1.165) is 12.5 Å². The van der Waals surface area contributed by atoms with Gasteiger partial charge in [-0.1, -0.05) is 26.3 Å². The Bertz CT molecular complexity index is 127. The largest absolute Gasteiger partial charge is 0.315 e. The molecule has 0 amide bonds. The van der Waals surface area contributed by atoms with Gasteiger partial charge in [-0.05, 0) is 32.2 Å². The Balaban J connectivity index is 3.31. The third-order valence-electron chi connectivity index (χ3n) is 1.89. The molecule has 1 nitrogen and oxygen atoms in total. The van der Waals surface area contributed by atoms with Crippen LogP contribution in [0.1, 0.15) is 40.5 Å². The van der Waals surface area contributed by atoms with Crippen molar-refractivity contribution in [2.45, 2.75) is 46.6 Å². The van der Waals surface area contributed by atoms with Crippen LogP contribution in [0.4, 0.5) is 0 Å². The predicted octanol–water partition coefficient (Wildman–Crippen LogP) is 2.98. The molecule has 72 valence electrons. The monoisotopic (exact) mass is 169 g/mol. The summed E-state index contributed by atoms with van der Waals surface area (Å²) in [5, 5.41) is 3.42. The van der Waals surface area contributed by atoms with Crippen LogP contribution in [-0.4, -0.2) is 12.6 Å². The normalized spacial score (nSPS) is 13.4. The van der Waals surface area contributed by atoms with E-state index < -0.39 is 0 Å². The summed E-state index contributed by atoms with van der Waals surface area (Å²) in [5.41, 5.74) is 1.30. The van der Waals surface area contributed by atoms with Crippen molar-refractivity contribution in [3.8, 4) is 0 Å². The third-order valence-corrected chi connectivity index (χ3v) is 1.89. The van der Waals surface area contributed by atoms with E-state index in [1.54, 1.807) is 0 Å². The predicted molar refractivity (Wildman–Crippen MR) is 56.4 cm³/mol. The lowest BCUT2D eigenvalue weighted by Crippen LogP contribution is -2.24. The Hall–Kier alpha value is -0.300. The summed E-state index contributed by atoms with van der Waals surface area (Å²) in [5.74, 6) is 0.772. The van der Waals surface area contributed by atoms with Gasteiger partial charge >= 0.3 is 0 Å². The number of rotatable bonds is 6. The molecule has 0 aliphatic heterocycles. The van der Waals surface area contributed by atoms with E-state index >= 15 is 0 Å². The summed E-state index contributed by atoms with van der Waals surface area (Å²) < 4.78 is 0. The summed E-state index contributed by atoms with van der Waals surface area (Å²) in [6.07, 6.45) is 2.42. The maximum Gasteiger partial charge on any atom is 0.00103 e. The zero-order valence-corrected chi connectivity index (χ0v) is 8.98.